The summed E-state index contributed by atoms with van der Waals surface area (Å²) in [7, 11) is 0. The fourth-order valence-corrected chi connectivity index (χ4v) is 4.23. The minimum atomic E-state index is -0.523. The van der Waals surface area contributed by atoms with E-state index in [-0.39, 0.29) is 11.5 Å². The van der Waals surface area contributed by atoms with Crippen molar-refractivity contribution < 1.29 is 33.0 Å². The normalized spacial score (nSPS) is 10.7. The number of carbonyl (C=O) groups excluding carboxylic acids is 3. The molecule has 0 aliphatic carbocycles. The standard InChI is InChI=1S/C34H38O8/c1-6-31(35)39-17-9-7-11-24-19-26(12-8-10-18-40-32(36)22(2)3)28-21-29(34(38)42-30(28)20-24)25-13-15-27(16-14-25)41-33(37)23(4)5/h13-16,19-21H,2,4,6-12,17-18H2,1,3,5H3. The van der Waals surface area contributed by atoms with Gasteiger partial charge in [-0.05, 0) is 93.3 Å². The Kier molecular flexibility index (Phi) is 11.8. The summed E-state index contributed by atoms with van der Waals surface area (Å²) in [6.07, 6.45) is 4.74. The summed E-state index contributed by atoms with van der Waals surface area (Å²) in [6.45, 7) is 12.8. The van der Waals surface area contributed by atoms with Gasteiger partial charge in [-0.15, -0.1) is 0 Å². The van der Waals surface area contributed by atoms with Gasteiger partial charge in [-0.2, -0.15) is 0 Å². The molecule has 0 atom stereocenters. The highest BCUT2D eigenvalue weighted by atomic mass is 16.5. The number of carbonyl (C=O) groups is 3. The molecule has 0 bridgehead atoms. The zero-order valence-corrected chi connectivity index (χ0v) is 24.6. The lowest BCUT2D eigenvalue weighted by Gasteiger charge is -2.12. The lowest BCUT2D eigenvalue weighted by Crippen LogP contribution is -2.08. The van der Waals surface area contributed by atoms with Crippen molar-refractivity contribution in [2.45, 2.75) is 65.7 Å². The third-order valence-corrected chi connectivity index (χ3v) is 6.56. The Labute approximate surface area is 246 Å². The smallest absolute Gasteiger partial charge is 0.344 e. The number of ether oxygens (including phenoxy) is 3. The van der Waals surface area contributed by atoms with Gasteiger partial charge in [0, 0.05) is 23.0 Å². The van der Waals surface area contributed by atoms with Gasteiger partial charge in [0.05, 0.1) is 18.8 Å². The molecule has 3 aromatic rings. The van der Waals surface area contributed by atoms with Crippen LogP contribution in [0.4, 0.5) is 0 Å². The van der Waals surface area contributed by atoms with Crippen LogP contribution in [-0.2, 0) is 36.7 Å². The van der Waals surface area contributed by atoms with Gasteiger partial charge >= 0.3 is 23.5 Å². The Hall–Kier alpha value is -4.46. The topological polar surface area (TPSA) is 109 Å². The highest BCUT2D eigenvalue weighted by Gasteiger charge is 2.14. The molecule has 0 saturated heterocycles. The van der Waals surface area contributed by atoms with Gasteiger partial charge in [-0.25, -0.2) is 14.4 Å². The van der Waals surface area contributed by atoms with E-state index in [1.54, 1.807) is 45.0 Å². The predicted molar refractivity (Wildman–Crippen MR) is 161 cm³/mol. The van der Waals surface area contributed by atoms with E-state index in [4.69, 9.17) is 18.6 Å². The Morgan fingerprint density at radius 3 is 2.10 bits per heavy atom. The number of esters is 3. The molecule has 0 spiro atoms. The van der Waals surface area contributed by atoms with Gasteiger partial charge in [-0.1, -0.05) is 38.3 Å². The van der Waals surface area contributed by atoms with Crippen LogP contribution in [-0.4, -0.2) is 31.1 Å². The van der Waals surface area contributed by atoms with E-state index >= 15 is 0 Å². The Morgan fingerprint density at radius 1 is 0.810 bits per heavy atom. The molecule has 0 radical (unpaired) electrons. The number of hydrogen-bond acceptors (Lipinski definition) is 8. The van der Waals surface area contributed by atoms with Crippen molar-refractivity contribution >= 4 is 28.9 Å². The second kappa shape index (κ2) is 15.5. The van der Waals surface area contributed by atoms with Crippen molar-refractivity contribution in [1.29, 1.82) is 0 Å². The first-order valence-electron chi connectivity index (χ1n) is 14.1. The fraction of sp³-hybridized carbons (Fsp3) is 0.353. The molecule has 1 aromatic heterocycles. The summed E-state index contributed by atoms with van der Waals surface area (Å²) in [6, 6.07) is 12.5. The SMILES string of the molecule is C=C(C)C(=O)OCCCCc1cc(CCCCOC(=O)CC)cc2oc(=O)c(-c3ccc(OC(=O)C(=C)C)cc3)cc12. The molecule has 0 saturated carbocycles. The van der Waals surface area contributed by atoms with Gasteiger partial charge < -0.3 is 18.6 Å². The summed E-state index contributed by atoms with van der Waals surface area (Å²) in [4.78, 5) is 47.9. The molecule has 8 nitrogen and oxygen atoms in total. The maximum atomic E-state index is 13.1. The van der Waals surface area contributed by atoms with Crippen LogP contribution in [0.15, 0.2) is 76.0 Å². The molecule has 42 heavy (non-hydrogen) atoms. The van der Waals surface area contributed by atoms with Gasteiger partial charge in [-0.3, -0.25) is 4.79 Å². The molecule has 0 aliphatic heterocycles. The molecule has 0 amide bonds. The average molecular weight is 575 g/mol. The van der Waals surface area contributed by atoms with Crippen molar-refractivity contribution in [3.05, 3.63) is 88.3 Å². The highest BCUT2D eigenvalue weighted by Crippen LogP contribution is 2.28. The molecule has 222 valence electrons. The van der Waals surface area contributed by atoms with Crippen LogP contribution in [0.1, 0.15) is 64.0 Å². The maximum absolute atomic E-state index is 13.1. The van der Waals surface area contributed by atoms with Gasteiger partial charge in [0.1, 0.15) is 11.3 Å². The van der Waals surface area contributed by atoms with Gasteiger partial charge in [0.15, 0.2) is 0 Å². The number of unbranched alkanes of at least 4 members (excludes halogenated alkanes) is 2. The van der Waals surface area contributed by atoms with Crippen molar-refractivity contribution in [2.75, 3.05) is 13.2 Å². The zero-order valence-electron chi connectivity index (χ0n) is 24.6. The molecular formula is C34H38O8. The summed E-state index contributed by atoms with van der Waals surface area (Å²) >= 11 is 0. The number of benzene rings is 2. The second-order valence-electron chi connectivity index (χ2n) is 10.2. The summed E-state index contributed by atoms with van der Waals surface area (Å²) in [5.41, 5.74) is 3.73. The Morgan fingerprint density at radius 2 is 1.45 bits per heavy atom. The monoisotopic (exact) mass is 574 g/mol. The van der Waals surface area contributed by atoms with E-state index in [9.17, 15) is 19.2 Å². The van der Waals surface area contributed by atoms with Crippen LogP contribution in [0.5, 0.6) is 5.75 Å². The summed E-state index contributed by atoms with van der Waals surface area (Å²) < 4.78 is 21.5. The molecule has 8 heteroatoms. The first-order chi connectivity index (χ1) is 20.1. The number of rotatable bonds is 15. The number of aryl methyl sites for hydroxylation is 2. The van der Waals surface area contributed by atoms with Crippen molar-refractivity contribution in [3.8, 4) is 16.9 Å². The first kappa shape index (κ1) is 32.1. The van der Waals surface area contributed by atoms with Gasteiger partial charge in [0.25, 0.3) is 0 Å². The molecule has 0 fully saturated rings. The quantitative estimate of drug-likeness (QED) is 0.0652. The Balaban J connectivity index is 1.84. The van der Waals surface area contributed by atoms with Crippen LogP contribution in [0.3, 0.4) is 0 Å². The molecule has 0 unspecified atom stereocenters. The van der Waals surface area contributed by atoms with Crippen molar-refractivity contribution in [1.82, 2.24) is 0 Å². The molecule has 0 aliphatic rings. The maximum Gasteiger partial charge on any atom is 0.344 e. The average Bonchev–Trinajstić information content (AvgIpc) is 2.96. The van der Waals surface area contributed by atoms with Gasteiger partial charge in [0.2, 0.25) is 0 Å². The molecular weight excluding hydrogens is 536 g/mol. The van der Waals surface area contributed by atoms with E-state index in [1.807, 2.05) is 12.1 Å². The molecule has 2 aromatic carbocycles. The minimum Gasteiger partial charge on any atom is -0.466 e. The lowest BCUT2D eigenvalue weighted by molar-refractivity contribution is -0.143. The fourth-order valence-electron chi connectivity index (χ4n) is 4.23. The van der Waals surface area contributed by atoms with Crippen LogP contribution in [0, 0.1) is 0 Å². The van der Waals surface area contributed by atoms with E-state index in [0.717, 1.165) is 42.2 Å². The minimum absolute atomic E-state index is 0.211. The third kappa shape index (κ3) is 9.29. The van der Waals surface area contributed by atoms with Crippen molar-refractivity contribution in [3.63, 3.8) is 0 Å². The predicted octanol–water partition coefficient (Wildman–Crippen LogP) is 6.66. The zero-order chi connectivity index (χ0) is 30.6. The van der Waals surface area contributed by atoms with E-state index in [0.29, 0.717) is 60.5 Å². The highest BCUT2D eigenvalue weighted by molar-refractivity contribution is 5.89. The van der Waals surface area contributed by atoms with E-state index in [1.165, 1.54) is 0 Å². The van der Waals surface area contributed by atoms with Crippen LogP contribution in [0.25, 0.3) is 22.1 Å². The van der Waals surface area contributed by atoms with Crippen molar-refractivity contribution in [2.24, 2.45) is 0 Å². The first-order valence-corrected chi connectivity index (χ1v) is 14.1. The number of hydrogen-bond donors (Lipinski definition) is 0. The molecule has 3 rings (SSSR count). The summed E-state index contributed by atoms with van der Waals surface area (Å²) in [5, 5.41) is 0.821. The van der Waals surface area contributed by atoms with E-state index < -0.39 is 17.6 Å². The lowest BCUT2D eigenvalue weighted by atomic mass is 9.96. The molecule has 0 N–H and O–H groups in total. The van der Waals surface area contributed by atoms with Crippen LogP contribution >= 0.6 is 0 Å². The van der Waals surface area contributed by atoms with E-state index in [2.05, 4.69) is 19.2 Å². The number of fused-ring (bicyclic) bond motifs is 1. The largest absolute Gasteiger partial charge is 0.466 e. The Bertz CT molecular complexity index is 1510. The van der Waals surface area contributed by atoms with Crippen LogP contribution in [0.2, 0.25) is 0 Å². The van der Waals surface area contributed by atoms with Crippen LogP contribution < -0.4 is 10.4 Å². The second-order valence-corrected chi connectivity index (χ2v) is 10.2. The molecule has 1 heterocycles. The third-order valence-electron chi connectivity index (χ3n) is 6.56. The summed E-state index contributed by atoms with van der Waals surface area (Å²) in [5.74, 6) is -0.792.